The Hall–Kier alpha value is -2.92. The molecule has 134 valence electrons. The lowest BCUT2D eigenvalue weighted by molar-refractivity contribution is 0.0939. The van der Waals surface area contributed by atoms with E-state index in [1.165, 1.54) is 12.1 Å². The Morgan fingerprint density at radius 1 is 1.08 bits per heavy atom. The van der Waals surface area contributed by atoms with E-state index in [1.54, 1.807) is 18.2 Å². The maximum atomic E-state index is 13.5. The molecule has 0 radical (unpaired) electrons. The van der Waals surface area contributed by atoms with Crippen molar-refractivity contribution >= 4 is 16.7 Å². The molecule has 3 aromatic carbocycles. The van der Waals surface area contributed by atoms with Gasteiger partial charge < -0.3 is 15.3 Å². The van der Waals surface area contributed by atoms with Crippen LogP contribution in [0.15, 0.2) is 60.7 Å². The molecule has 4 nitrogen and oxygen atoms in total. The van der Waals surface area contributed by atoms with Crippen LogP contribution in [-0.2, 0) is 0 Å². The largest absolute Gasteiger partial charge is 0.507 e. The average molecular weight is 352 g/mol. The summed E-state index contributed by atoms with van der Waals surface area (Å²) in [6.45, 7) is 0.293. The molecule has 2 N–H and O–H groups in total. The molecule has 0 unspecified atom stereocenters. The number of fused-ring (bicyclic) bond motifs is 1. The maximum Gasteiger partial charge on any atom is 0.255 e. The fourth-order valence-corrected chi connectivity index (χ4v) is 3.01. The normalized spacial score (nSPS) is 12.3. The Balaban J connectivity index is 1.79. The van der Waals surface area contributed by atoms with Gasteiger partial charge in [-0.2, -0.15) is 0 Å². The number of amides is 1. The number of nitrogens with one attached hydrogen (secondary N) is 1. The first kappa shape index (κ1) is 17.9. The summed E-state index contributed by atoms with van der Waals surface area (Å²) in [6.07, 6.45) is 0. The number of rotatable bonds is 5. The SMILES string of the molecule is CN(C)[C@H](CNC(=O)c1cc2ccccc2cc1O)c1cccc(F)c1. The summed E-state index contributed by atoms with van der Waals surface area (Å²) >= 11 is 0. The van der Waals surface area contributed by atoms with Crippen LogP contribution in [0.25, 0.3) is 10.8 Å². The van der Waals surface area contributed by atoms with E-state index in [1.807, 2.05) is 49.3 Å². The van der Waals surface area contributed by atoms with Crippen LogP contribution in [0, 0.1) is 5.82 Å². The molecule has 3 aromatic rings. The smallest absolute Gasteiger partial charge is 0.255 e. The highest BCUT2D eigenvalue weighted by Crippen LogP contribution is 2.25. The topological polar surface area (TPSA) is 52.6 Å². The lowest BCUT2D eigenvalue weighted by Gasteiger charge is -2.25. The number of carbonyl (C=O) groups is 1. The van der Waals surface area contributed by atoms with Gasteiger partial charge in [-0.05, 0) is 54.7 Å². The van der Waals surface area contributed by atoms with E-state index in [0.29, 0.717) is 6.54 Å². The van der Waals surface area contributed by atoms with E-state index in [0.717, 1.165) is 16.3 Å². The minimum atomic E-state index is -0.364. The average Bonchev–Trinajstić information content (AvgIpc) is 2.61. The molecule has 0 bridgehead atoms. The third-order valence-corrected chi connectivity index (χ3v) is 4.42. The van der Waals surface area contributed by atoms with Crippen LogP contribution in [0.4, 0.5) is 4.39 Å². The summed E-state index contributed by atoms with van der Waals surface area (Å²) < 4.78 is 13.5. The Kier molecular flexibility index (Phi) is 5.19. The molecule has 0 aliphatic rings. The van der Waals surface area contributed by atoms with E-state index in [-0.39, 0.29) is 29.1 Å². The molecule has 0 aliphatic heterocycles. The van der Waals surface area contributed by atoms with E-state index < -0.39 is 0 Å². The van der Waals surface area contributed by atoms with Crippen LogP contribution in [0.3, 0.4) is 0 Å². The molecule has 0 saturated carbocycles. The number of aromatic hydroxyl groups is 1. The zero-order valence-electron chi connectivity index (χ0n) is 14.7. The van der Waals surface area contributed by atoms with Gasteiger partial charge in [0.1, 0.15) is 11.6 Å². The second-order valence-electron chi connectivity index (χ2n) is 6.46. The van der Waals surface area contributed by atoms with Crippen molar-refractivity contribution in [2.75, 3.05) is 20.6 Å². The summed E-state index contributed by atoms with van der Waals surface area (Å²) in [4.78, 5) is 14.5. The highest BCUT2D eigenvalue weighted by Gasteiger charge is 2.18. The van der Waals surface area contributed by atoms with E-state index in [2.05, 4.69) is 5.32 Å². The third-order valence-electron chi connectivity index (χ3n) is 4.42. The van der Waals surface area contributed by atoms with Crippen molar-refractivity contribution in [1.29, 1.82) is 0 Å². The molecule has 1 amide bonds. The Morgan fingerprint density at radius 3 is 2.42 bits per heavy atom. The zero-order chi connectivity index (χ0) is 18.7. The minimum Gasteiger partial charge on any atom is -0.507 e. The number of hydrogen-bond donors (Lipinski definition) is 2. The zero-order valence-corrected chi connectivity index (χ0v) is 14.7. The first-order chi connectivity index (χ1) is 12.5. The minimum absolute atomic E-state index is 0.0617. The van der Waals surface area contributed by atoms with Gasteiger partial charge in [-0.25, -0.2) is 4.39 Å². The number of hydrogen-bond acceptors (Lipinski definition) is 3. The Labute approximate surface area is 151 Å². The van der Waals surface area contributed by atoms with Crippen molar-refractivity contribution in [3.05, 3.63) is 77.6 Å². The molecular formula is C21H21FN2O2. The van der Waals surface area contributed by atoms with Gasteiger partial charge in [0.2, 0.25) is 0 Å². The molecule has 0 aromatic heterocycles. The number of phenolic OH excluding ortho intramolecular Hbond substituents is 1. The number of likely N-dealkylation sites (N-methyl/N-ethyl adjacent to an activating group) is 1. The van der Waals surface area contributed by atoms with E-state index in [9.17, 15) is 14.3 Å². The van der Waals surface area contributed by atoms with Gasteiger partial charge in [-0.3, -0.25) is 4.79 Å². The lowest BCUT2D eigenvalue weighted by Crippen LogP contribution is -2.34. The molecule has 0 saturated heterocycles. The second-order valence-corrected chi connectivity index (χ2v) is 6.46. The van der Waals surface area contributed by atoms with Crippen molar-refractivity contribution in [2.45, 2.75) is 6.04 Å². The van der Waals surface area contributed by atoms with Crippen molar-refractivity contribution in [1.82, 2.24) is 10.2 Å². The molecule has 3 rings (SSSR count). The predicted octanol–water partition coefficient (Wildman–Crippen LogP) is 3.72. The van der Waals surface area contributed by atoms with Crippen LogP contribution in [-0.4, -0.2) is 36.6 Å². The molecule has 0 spiro atoms. The van der Waals surface area contributed by atoms with Crippen molar-refractivity contribution in [3.63, 3.8) is 0 Å². The van der Waals surface area contributed by atoms with Gasteiger partial charge in [-0.15, -0.1) is 0 Å². The molecule has 0 fully saturated rings. The summed E-state index contributed by atoms with van der Waals surface area (Å²) in [5, 5.41) is 14.8. The van der Waals surface area contributed by atoms with Crippen LogP contribution in [0.2, 0.25) is 0 Å². The Morgan fingerprint density at radius 2 is 1.77 bits per heavy atom. The van der Waals surface area contributed by atoms with Gasteiger partial charge in [0, 0.05) is 6.54 Å². The van der Waals surface area contributed by atoms with E-state index >= 15 is 0 Å². The fourth-order valence-electron chi connectivity index (χ4n) is 3.01. The van der Waals surface area contributed by atoms with Gasteiger partial charge in [-0.1, -0.05) is 36.4 Å². The highest BCUT2D eigenvalue weighted by atomic mass is 19.1. The summed E-state index contributed by atoms with van der Waals surface area (Å²) in [5.74, 6) is -0.738. The van der Waals surface area contributed by atoms with Crippen LogP contribution < -0.4 is 5.32 Å². The van der Waals surface area contributed by atoms with Crippen molar-refractivity contribution in [2.24, 2.45) is 0 Å². The van der Waals surface area contributed by atoms with Gasteiger partial charge >= 0.3 is 0 Å². The van der Waals surface area contributed by atoms with Gasteiger partial charge in [0.05, 0.1) is 11.6 Å². The molecule has 0 heterocycles. The van der Waals surface area contributed by atoms with Crippen LogP contribution in [0.1, 0.15) is 22.0 Å². The van der Waals surface area contributed by atoms with Crippen molar-refractivity contribution < 1.29 is 14.3 Å². The number of phenols is 1. The van der Waals surface area contributed by atoms with Gasteiger partial charge in [0.25, 0.3) is 5.91 Å². The molecule has 5 heteroatoms. The third kappa shape index (κ3) is 3.83. The molecular weight excluding hydrogens is 331 g/mol. The first-order valence-corrected chi connectivity index (χ1v) is 8.37. The van der Waals surface area contributed by atoms with Crippen LogP contribution >= 0.6 is 0 Å². The maximum absolute atomic E-state index is 13.5. The molecule has 26 heavy (non-hydrogen) atoms. The molecule has 1 atom stereocenters. The lowest BCUT2D eigenvalue weighted by atomic mass is 10.0. The monoisotopic (exact) mass is 352 g/mol. The standard InChI is InChI=1S/C21H21FN2O2/c1-24(2)19(16-8-5-9-17(22)10-16)13-23-21(26)18-11-14-6-3-4-7-15(14)12-20(18)25/h3-12,19,25H,13H2,1-2H3,(H,23,26)/t19-/m1/s1. The quantitative estimate of drug-likeness (QED) is 0.736. The summed E-state index contributed by atoms with van der Waals surface area (Å²) in [6, 6.07) is 16.9. The summed E-state index contributed by atoms with van der Waals surface area (Å²) in [7, 11) is 3.74. The van der Waals surface area contributed by atoms with E-state index in [4.69, 9.17) is 0 Å². The molecule has 0 aliphatic carbocycles. The fraction of sp³-hybridized carbons (Fsp3) is 0.190. The van der Waals surface area contributed by atoms with Crippen molar-refractivity contribution in [3.8, 4) is 5.75 Å². The Bertz CT molecular complexity index is 940. The predicted molar refractivity (Wildman–Crippen MR) is 101 cm³/mol. The number of nitrogens with zero attached hydrogens (tertiary/aromatic N) is 1. The van der Waals surface area contributed by atoms with Crippen LogP contribution in [0.5, 0.6) is 5.75 Å². The highest BCUT2D eigenvalue weighted by molar-refractivity contribution is 6.01. The number of carbonyl (C=O) groups excluding carboxylic acids is 1. The summed E-state index contributed by atoms with van der Waals surface area (Å²) in [5.41, 5.74) is 0.999. The number of halogens is 1. The first-order valence-electron chi connectivity index (χ1n) is 8.37. The van der Waals surface area contributed by atoms with Gasteiger partial charge in [0.15, 0.2) is 0 Å². The number of benzene rings is 3. The second kappa shape index (κ2) is 7.54.